The number of nitrogens with zero attached hydrogens (tertiary/aromatic N) is 3. The van der Waals surface area contributed by atoms with Crippen molar-refractivity contribution in [2.75, 3.05) is 26.9 Å². The number of hydrogen-bond donors (Lipinski definition) is 2. The fraction of sp³-hybridized carbons (Fsp3) is 0.767. The maximum Gasteiger partial charge on any atom is 0.355 e. The van der Waals surface area contributed by atoms with Gasteiger partial charge in [0.2, 0.25) is 11.8 Å². The lowest BCUT2D eigenvalue weighted by molar-refractivity contribution is -0.153. The van der Waals surface area contributed by atoms with Gasteiger partial charge < -0.3 is 24.8 Å². The van der Waals surface area contributed by atoms with Crippen LogP contribution < -0.4 is 5.32 Å². The zero-order chi connectivity index (χ0) is 31.4. The lowest BCUT2D eigenvalue weighted by atomic mass is 9.92. The van der Waals surface area contributed by atoms with Gasteiger partial charge in [-0.15, -0.1) is 11.3 Å². The van der Waals surface area contributed by atoms with E-state index in [-0.39, 0.29) is 48.5 Å². The number of aromatic carboxylic acids is 1. The van der Waals surface area contributed by atoms with Gasteiger partial charge in [-0.05, 0) is 44.7 Å². The largest absolute Gasteiger partial charge is 0.476 e. The van der Waals surface area contributed by atoms with Crippen LogP contribution in [0.1, 0.15) is 108 Å². The molecule has 0 aromatic carbocycles. The Balaban J connectivity index is 2.43. The third-order valence-electron chi connectivity index (χ3n) is 7.96. The van der Waals surface area contributed by atoms with Gasteiger partial charge in [0, 0.05) is 31.4 Å². The Kier molecular flexibility index (Phi) is 14.9. The molecular formula is C30H50N4O7S. The van der Waals surface area contributed by atoms with E-state index in [0.29, 0.717) is 18.0 Å². The number of hydrogen-bond acceptors (Lipinski definition) is 9. The molecule has 1 aliphatic heterocycles. The molecule has 1 saturated heterocycles. The number of amides is 2. The van der Waals surface area contributed by atoms with Gasteiger partial charge in [0.25, 0.3) is 0 Å². The van der Waals surface area contributed by atoms with E-state index in [1.54, 1.807) is 4.90 Å². The number of piperidine rings is 1. The van der Waals surface area contributed by atoms with Crippen molar-refractivity contribution in [3.8, 4) is 0 Å². The van der Waals surface area contributed by atoms with Crippen LogP contribution >= 0.6 is 11.3 Å². The molecule has 0 bridgehead atoms. The van der Waals surface area contributed by atoms with Gasteiger partial charge in [0.15, 0.2) is 11.8 Å². The molecule has 2 amide bonds. The smallest absolute Gasteiger partial charge is 0.355 e. The Morgan fingerprint density at radius 1 is 1.21 bits per heavy atom. The van der Waals surface area contributed by atoms with E-state index in [2.05, 4.69) is 17.2 Å². The fourth-order valence-electron chi connectivity index (χ4n) is 5.16. The van der Waals surface area contributed by atoms with E-state index in [4.69, 9.17) is 9.47 Å². The number of rotatable bonds is 17. The molecule has 238 valence electrons. The summed E-state index contributed by atoms with van der Waals surface area (Å²) in [5, 5.41) is 14.2. The molecule has 1 aliphatic rings. The molecular weight excluding hydrogens is 560 g/mol. The standard InChI is InChI=1S/C30H50N4O7S/c1-8-10-15-40-18-34(29(37)26(20(5)9-2)32-27(36)23-13-11-12-14-33(23)7)24(19(3)4)16-25(41-21(6)35)28-31-22(17-42-28)30(38)39/h17,19-20,23-26H,8-16,18H2,1-7H3,(H,32,36)(H,38,39). The maximum atomic E-state index is 14.4. The monoisotopic (exact) mass is 610 g/mol. The molecule has 5 atom stereocenters. The highest BCUT2D eigenvalue weighted by atomic mass is 32.1. The third-order valence-corrected chi connectivity index (χ3v) is 8.89. The van der Waals surface area contributed by atoms with E-state index in [1.807, 2.05) is 39.6 Å². The summed E-state index contributed by atoms with van der Waals surface area (Å²) < 4.78 is 11.6. The summed E-state index contributed by atoms with van der Waals surface area (Å²) in [6.45, 7) is 12.6. The number of likely N-dealkylation sites (tertiary alicyclic amines) is 1. The second-order valence-electron chi connectivity index (χ2n) is 11.6. The summed E-state index contributed by atoms with van der Waals surface area (Å²) in [6, 6.07) is -1.50. The number of likely N-dealkylation sites (N-methyl/N-ethyl adjacent to an activating group) is 1. The second kappa shape index (κ2) is 17.5. The molecule has 1 aromatic heterocycles. The molecule has 1 fully saturated rings. The van der Waals surface area contributed by atoms with Crippen LogP contribution in [0.2, 0.25) is 0 Å². The molecule has 42 heavy (non-hydrogen) atoms. The summed E-state index contributed by atoms with van der Waals surface area (Å²) in [6.07, 6.45) is 4.55. The molecule has 5 unspecified atom stereocenters. The van der Waals surface area contributed by atoms with E-state index in [1.165, 1.54) is 12.3 Å². The average Bonchev–Trinajstić information content (AvgIpc) is 3.44. The van der Waals surface area contributed by atoms with Crippen molar-refractivity contribution >= 4 is 35.1 Å². The molecule has 11 nitrogen and oxygen atoms in total. The van der Waals surface area contributed by atoms with Crippen molar-refractivity contribution in [2.24, 2.45) is 11.8 Å². The van der Waals surface area contributed by atoms with Gasteiger partial charge >= 0.3 is 11.9 Å². The number of carbonyl (C=O) groups excluding carboxylic acids is 3. The van der Waals surface area contributed by atoms with E-state index in [0.717, 1.165) is 50.0 Å². The van der Waals surface area contributed by atoms with Crippen molar-refractivity contribution in [1.29, 1.82) is 0 Å². The molecule has 0 spiro atoms. The Morgan fingerprint density at radius 2 is 1.93 bits per heavy atom. The predicted molar refractivity (Wildman–Crippen MR) is 161 cm³/mol. The van der Waals surface area contributed by atoms with Crippen LogP contribution in [0.5, 0.6) is 0 Å². The zero-order valence-corrected chi connectivity index (χ0v) is 27.1. The summed E-state index contributed by atoms with van der Waals surface area (Å²) in [5.74, 6) is -2.32. The number of aromatic nitrogens is 1. The number of esters is 1. The first-order chi connectivity index (χ1) is 19.9. The molecule has 2 rings (SSSR count). The van der Waals surface area contributed by atoms with Crippen LogP contribution in [-0.4, -0.2) is 88.7 Å². The van der Waals surface area contributed by atoms with Gasteiger partial charge in [0.05, 0.1) is 6.04 Å². The number of carboxylic acid groups (broad SMARTS) is 1. The highest BCUT2D eigenvalue weighted by molar-refractivity contribution is 7.09. The van der Waals surface area contributed by atoms with E-state index >= 15 is 0 Å². The van der Waals surface area contributed by atoms with Crippen molar-refractivity contribution in [1.82, 2.24) is 20.1 Å². The minimum Gasteiger partial charge on any atom is -0.476 e. The second-order valence-corrected chi connectivity index (χ2v) is 12.5. The first kappa shape index (κ1) is 35.6. The number of ether oxygens (including phenoxy) is 2. The predicted octanol–water partition coefficient (Wildman–Crippen LogP) is 4.48. The number of unbranched alkanes of at least 4 members (excludes halogenated alkanes) is 1. The topological polar surface area (TPSA) is 138 Å². The van der Waals surface area contributed by atoms with Crippen molar-refractivity contribution in [2.45, 2.75) is 111 Å². The molecule has 1 aromatic rings. The molecule has 0 saturated carbocycles. The van der Waals surface area contributed by atoms with Gasteiger partial charge in [-0.3, -0.25) is 19.3 Å². The highest BCUT2D eigenvalue weighted by Gasteiger charge is 2.39. The Morgan fingerprint density at radius 3 is 2.48 bits per heavy atom. The van der Waals surface area contributed by atoms with Crippen molar-refractivity contribution in [3.63, 3.8) is 0 Å². The Labute approximate surface area is 254 Å². The third kappa shape index (κ3) is 10.3. The van der Waals surface area contributed by atoms with Gasteiger partial charge in [0.1, 0.15) is 17.8 Å². The normalized spacial score (nSPS) is 18.6. The first-order valence-corrected chi connectivity index (χ1v) is 16.0. The molecule has 0 aliphatic carbocycles. The fourth-order valence-corrected chi connectivity index (χ4v) is 5.99. The molecule has 2 N–H and O–H groups in total. The maximum absolute atomic E-state index is 14.4. The minimum absolute atomic E-state index is 0.0128. The van der Waals surface area contributed by atoms with Gasteiger partial charge in [-0.2, -0.15) is 0 Å². The minimum atomic E-state index is -1.17. The summed E-state index contributed by atoms with van der Waals surface area (Å²) >= 11 is 1.10. The lowest BCUT2D eigenvalue weighted by Crippen LogP contribution is -2.59. The van der Waals surface area contributed by atoms with Gasteiger partial charge in [-0.1, -0.05) is 53.9 Å². The summed E-state index contributed by atoms with van der Waals surface area (Å²) in [7, 11) is 1.94. The van der Waals surface area contributed by atoms with Gasteiger partial charge in [-0.25, -0.2) is 9.78 Å². The summed E-state index contributed by atoms with van der Waals surface area (Å²) in [5.41, 5.74) is -0.128. The number of nitrogens with one attached hydrogen (secondary N) is 1. The zero-order valence-electron chi connectivity index (χ0n) is 26.3. The lowest BCUT2D eigenvalue weighted by Gasteiger charge is -2.40. The van der Waals surface area contributed by atoms with Crippen molar-refractivity contribution < 1.29 is 33.8 Å². The summed E-state index contributed by atoms with van der Waals surface area (Å²) in [4.78, 5) is 59.3. The number of carbonyl (C=O) groups is 4. The van der Waals surface area contributed by atoms with Crippen LogP contribution in [0, 0.1) is 11.8 Å². The first-order valence-electron chi connectivity index (χ1n) is 15.2. The van der Waals surface area contributed by atoms with Crippen LogP contribution in [0.15, 0.2) is 5.38 Å². The Bertz CT molecular complexity index is 1030. The quantitative estimate of drug-likeness (QED) is 0.149. The molecule has 0 radical (unpaired) electrons. The number of thiazole rings is 1. The SMILES string of the molecule is CCCCOCN(C(=O)C(NC(=O)C1CCCCN1C)C(C)CC)C(CC(OC(C)=O)c1nc(C(=O)O)cs1)C(C)C. The van der Waals surface area contributed by atoms with Crippen LogP contribution in [0.25, 0.3) is 0 Å². The molecule has 2 heterocycles. The van der Waals surface area contributed by atoms with Crippen molar-refractivity contribution in [3.05, 3.63) is 16.1 Å². The highest BCUT2D eigenvalue weighted by Crippen LogP contribution is 2.31. The van der Waals surface area contributed by atoms with Crippen LogP contribution in [0.4, 0.5) is 0 Å². The number of carboxylic acids is 1. The van der Waals surface area contributed by atoms with Crippen LogP contribution in [0.3, 0.4) is 0 Å². The van der Waals surface area contributed by atoms with Crippen LogP contribution in [-0.2, 0) is 23.9 Å². The Hall–Kier alpha value is -2.57. The average molecular weight is 611 g/mol. The molecule has 12 heteroatoms. The van der Waals surface area contributed by atoms with E-state index < -0.39 is 30.1 Å². The van der Waals surface area contributed by atoms with E-state index in [9.17, 15) is 24.3 Å².